The normalized spacial score (nSPS) is 18.4. The van der Waals surface area contributed by atoms with Crippen LogP contribution in [0.2, 0.25) is 68.5 Å². The van der Waals surface area contributed by atoms with E-state index < -0.39 is 47.6 Å². The fourth-order valence-electron chi connectivity index (χ4n) is 12.4. The molecule has 0 fully saturated rings. The Bertz CT molecular complexity index is 3400. The number of aromatic nitrogens is 4. The third kappa shape index (κ3) is 10.3. The number of pyridine rings is 4. The summed E-state index contributed by atoms with van der Waals surface area (Å²) >= 11 is 0. The van der Waals surface area contributed by atoms with Gasteiger partial charge in [-0.3, -0.25) is 9.59 Å². The molecule has 3 N–H and O–H groups in total. The molecule has 410 valence electrons. The van der Waals surface area contributed by atoms with Crippen molar-refractivity contribution in [2.45, 2.75) is 179 Å². The molecule has 0 saturated carbocycles. The quantitative estimate of drug-likeness (QED) is 0.0395. The zero-order chi connectivity index (χ0) is 55.2. The topological polar surface area (TPSA) is 192 Å². The zero-order valence-corrected chi connectivity index (χ0v) is 49.7. The van der Waals surface area contributed by atoms with Crippen LogP contribution in [0.1, 0.15) is 105 Å². The van der Waals surface area contributed by atoms with Crippen molar-refractivity contribution in [2.75, 3.05) is 13.2 Å². The lowest BCUT2D eigenvalue weighted by molar-refractivity contribution is -0.172. The maximum atomic E-state index is 13.7. The maximum Gasteiger partial charge on any atom is 0.343 e. The SMILES string of the molecule is CC[C@@]1(O)C(=O)OCc2c1cc1n(c2=O)Cc2c-1nc1ccccc1c2CC[Si](C)(C)CCCO.CC[C@@]1(O)C(=O)OCc2c1cc1n(c2=O)Cc2c-1nc1ccccc1c2CC[Si](C)(C)CCCO[Si](CC)(CC)CC. The fourth-order valence-corrected chi connectivity index (χ4v) is 19.7. The van der Waals surface area contributed by atoms with Gasteiger partial charge in [-0.05, 0) is 92.0 Å². The standard InChI is InChI=1S/C33H46N2O5Si2.C27H32N2O5Si/c1-7-33(38)27-20-29-30-25(21-35(29)31(36)26(27)22-39-32(33)37)23(24-14-11-12-15-28(24)34-30)16-19-41(5,6)18-13-17-40-42(8-2,9-3)10-4;1-4-27(33)21-14-23-24-19(15-29(23)25(31)20(21)16-34-26(27)32)17(10-13-35(2,3)12-7-11-30)18-8-5-6-9-22(18)28-24/h11-12,14-15,20,38H,7-10,13,16-19,21-22H2,1-6H3;5-6,8-9,14,30,33H,4,7,10-13,15-16H2,1-3H3/t33-;27-/m00/s1. The van der Waals surface area contributed by atoms with E-state index in [1.165, 1.54) is 35.3 Å². The molecule has 4 aliphatic rings. The Labute approximate surface area is 455 Å². The number of para-hydroxylation sites is 2. The molecule has 8 heterocycles. The number of ether oxygens (including phenoxy) is 2. The number of rotatable bonds is 19. The number of benzene rings is 2. The van der Waals surface area contributed by atoms with Crippen molar-refractivity contribution in [3.8, 4) is 22.8 Å². The summed E-state index contributed by atoms with van der Waals surface area (Å²) in [5, 5.41) is 33.9. The van der Waals surface area contributed by atoms with Gasteiger partial charge in [0.25, 0.3) is 11.1 Å². The molecule has 0 amide bonds. The molecule has 10 rings (SSSR count). The highest BCUT2D eigenvalue weighted by Gasteiger charge is 2.47. The summed E-state index contributed by atoms with van der Waals surface area (Å²) in [7, 11) is -4.57. The predicted octanol–water partition coefficient (Wildman–Crippen LogP) is 10.5. The van der Waals surface area contributed by atoms with E-state index in [1.54, 1.807) is 29.0 Å². The first kappa shape index (κ1) is 56.3. The van der Waals surface area contributed by atoms with Gasteiger partial charge >= 0.3 is 11.9 Å². The van der Waals surface area contributed by atoms with E-state index in [4.69, 9.17) is 23.9 Å². The van der Waals surface area contributed by atoms with Crippen LogP contribution in [-0.4, -0.2) is 84.0 Å². The van der Waals surface area contributed by atoms with Gasteiger partial charge in [-0.1, -0.05) is 121 Å². The molecule has 17 heteroatoms. The second-order valence-corrected chi connectivity index (χ2v) is 38.9. The van der Waals surface area contributed by atoms with Crippen LogP contribution in [0, 0.1) is 0 Å². The monoisotopic (exact) mass is 1100 g/mol. The van der Waals surface area contributed by atoms with Crippen molar-refractivity contribution in [1.82, 2.24) is 19.1 Å². The molecule has 6 aromatic rings. The minimum absolute atomic E-state index is 0.115. The summed E-state index contributed by atoms with van der Waals surface area (Å²) in [6.07, 6.45) is 4.04. The molecule has 0 unspecified atom stereocenters. The minimum atomic E-state index is -1.83. The maximum absolute atomic E-state index is 13.7. The molecule has 0 saturated heterocycles. The van der Waals surface area contributed by atoms with Crippen LogP contribution in [0.4, 0.5) is 0 Å². The summed E-state index contributed by atoms with van der Waals surface area (Å²) in [5.74, 6) is -1.41. The van der Waals surface area contributed by atoms with Crippen LogP contribution < -0.4 is 11.1 Å². The van der Waals surface area contributed by atoms with E-state index in [1.807, 2.05) is 36.4 Å². The highest BCUT2D eigenvalue weighted by atomic mass is 28.4. The van der Waals surface area contributed by atoms with Crippen LogP contribution in [0.25, 0.3) is 44.6 Å². The average Bonchev–Trinajstić information content (AvgIpc) is 4.07. The van der Waals surface area contributed by atoms with Crippen molar-refractivity contribution < 1.29 is 38.8 Å². The highest BCUT2D eigenvalue weighted by Crippen LogP contribution is 2.43. The highest BCUT2D eigenvalue weighted by molar-refractivity contribution is 6.77. The number of aliphatic hydroxyl groups excluding tert-OH is 1. The van der Waals surface area contributed by atoms with Crippen LogP contribution in [0.15, 0.2) is 70.3 Å². The molecule has 77 heavy (non-hydrogen) atoms. The number of aliphatic hydroxyl groups is 3. The predicted molar refractivity (Wildman–Crippen MR) is 310 cm³/mol. The summed E-state index contributed by atoms with van der Waals surface area (Å²) in [6, 6.07) is 28.0. The largest absolute Gasteiger partial charge is 0.458 e. The molecule has 0 aliphatic carbocycles. The Morgan fingerprint density at radius 2 is 1.01 bits per heavy atom. The summed E-state index contributed by atoms with van der Waals surface area (Å²) in [4.78, 5) is 62.3. The lowest BCUT2D eigenvalue weighted by Crippen LogP contribution is -2.44. The average molecular weight is 1100 g/mol. The Hall–Kier alpha value is -5.41. The van der Waals surface area contributed by atoms with Gasteiger partial charge < -0.3 is 38.4 Å². The third-order valence-corrected chi connectivity index (χ3v) is 29.2. The van der Waals surface area contributed by atoms with E-state index in [0.717, 1.165) is 94.7 Å². The Kier molecular flexibility index (Phi) is 16.1. The molecule has 0 spiro atoms. The van der Waals surface area contributed by atoms with Gasteiger partial charge in [-0.2, -0.15) is 0 Å². The third-order valence-electron chi connectivity index (χ3n) is 17.9. The van der Waals surface area contributed by atoms with Gasteiger partial charge in [0.2, 0.25) is 0 Å². The molecule has 0 bridgehead atoms. The second kappa shape index (κ2) is 22.0. The van der Waals surface area contributed by atoms with Gasteiger partial charge in [0.1, 0.15) is 13.2 Å². The molecular weight excluding hydrogens is 1020 g/mol. The van der Waals surface area contributed by atoms with Crippen LogP contribution in [0.5, 0.6) is 0 Å². The first-order valence-electron chi connectivity index (χ1n) is 28.1. The number of hydrogen-bond donors (Lipinski definition) is 3. The minimum Gasteiger partial charge on any atom is -0.458 e. The number of hydrogen-bond acceptors (Lipinski definition) is 12. The van der Waals surface area contributed by atoms with Crippen molar-refractivity contribution in [3.05, 3.63) is 126 Å². The van der Waals surface area contributed by atoms with Crippen molar-refractivity contribution >= 4 is 58.2 Å². The summed E-state index contributed by atoms with van der Waals surface area (Å²) in [5.41, 5.74) is 6.56. The fraction of sp³-hybridized carbons (Fsp3) is 0.500. The Morgan fingerprint density at radius 1 is 0.597 bits per heavy atom. The molecular formula is C60H78N4O10Si3. The van der Waals surface area contributed by atoms with Crippen LogP contribution in [-0.2, 0) is 73.8 Å². The summed E-state index contributed by atoms with van der Waals surface area (Å²) in [6.45, 7) is 21.7. The smallest absolute Gasteiger partial charge is 0.343 e. The van der Waals surface area contributed by atoms with E-state index >= 15 is 0 Å². The van der Waals surface area contributed by atoms with Gasteiger partial charge in [0.05, 0.1) is 58.0 Å². The molecule has 2 atom stereocenters. The number of aryl methyl sites for hydroxylation is 2. The van der Waals surface area contributed by atoms with Gasteiger partial charge in [-0.25, -0.2) is 19.6 Å². The lowest BCUT2D eigenvalue weighted by Gasteiger charge is -2.31. The summed E-state index contributed by atoms with van der Waals surface area (Å²) < 4.78 is 20.4. The van der Waals surface area contributed by atoms with Crippen LogP contribution >= 0.6 is 0 Å². The van der Waals surface area contributed by atoms with Crippen molar-refractivity contribution in [2.24, 2.45) is 0 Å². The van der Waals surface area contributed by atoms with E-state index in [-0.39, 0.29) is 43.8 Å². The number of carbonyl (C=O) groups is 2. The second-order valence-electron chi connectivity index (χ2n) is 23.4. The number of carbonyl (C=O) groups excluding carboxylic acids is 2. The zero-order valence-electron chi connectivity index (χ0n) is 46.7. The van der Waals surface area contributed by atoms with Crippen molar-refractivity contribution in [3.63, 3.8) is 0 Å². The van der Waals surface area contributed by atoms with E-state index in [2.05, 4.69) is 65.2 Å². The number of esters is 2. The number of cyclic esters (lactones) is 2. The first-order valence-corrected chi connectivity index (χ1v) is 37.5. The Balaban J connectivity index is 0.000000191. The molecule has 0 radical (unpaired) electrons. The van der Waals surface area contributed by atoms with E-state index in [0.29, 0.717) is 46.7 Å². The lowest BCUT2D eigenvalue weighted by atomic mass is 9.86. The number of fused-ring (bicyclic) bond motifs is 10. The van der Waals surface area contributed by atoms with Crippen LogP contribution in [0.3, 0.4) is 0 Å². The number of nitrogens with zero attached hydrogens (tertiary/aromatic N) is 4. The van der Waals surface area contributed by atoms with E-state index in [9.17, 15) is 34.5 Å². The molecule has 4 aliphatic heterocycles. The van der Waals surface area contributed by atoms with Gasteiger partial charge in [0.15, 0.2) is 19.5 Å². The van der Waals surface area contributed by atoms with Gasteiger partial charge in [0, 0.05) is 62.4 Å². The molecule has 4 aromatic heterocycles. The Morgan fingerprint density at radius 3 is 1.42 bits per heavy atom. The van der Waals surface area contributed by atoms with Crippen molar-refractivity contribution in [1.29, 1.82) is 0 Å². The molecule has 2 aromatic carbocycles. The first-order chi connectivity index (χ1) is 36.7. The van der Waals surface area contributed by atoms with Gasteiger partial charge in [-0.15, -0.1) is 0 Å². The molecule has 14 nitrogen and oxygen atoms in total.